The average molecular weight is 767 g/mol. The van der Waals surface area contributed by atoms with Gasteiger partial charge in [-0.3, -0.25) is 19.8 Å². The van der Waals surface area contributed by atoms with Crippen molar-refractivity contribution >= 4 is 51.4 Å². The van der Waals surface area contributed by atoms with E-state index >= 15 is 0 Å². The van der Waals surface area contributed by atoms with Crippen LogP contribution in [-0.2, 0) is 9.59 Å². The van der Waals surface area contributed by atoms with Crippen LogP contribution in [0.25, 0.3) is 22.0 Å². The Morgan fingerprint density at radius 1 is 0.825 bits per heavy atom. The number of aromatic nitrogens is 3. The van der Waals surface area contributed by atoms with Gasteiger partial charge in [-0.2, -0.15) is 0 Å². The van der Waals surface area contributed by atoms with Gasteiger partial charge in [-0.15, -0.1) is 0 Å². The number of benzene rings is 3. The van der Waals surface area contributed by atoms with Gasteiger partial charge in [0.05, 0.1) is 5.52 Å². The van der Waals surface area contributed by atoms with Crippen molar-refractivity contribution in [1.82, 2.24) is 30.1 Å². The highest BCUT2D eigenvalue weighted by Crippen LogP contribution is 2.36. The zero-order valence-electron chi connectivity index (χ0n) is 32.5. The van der Waals surface area contributed by atoms with Crippen molar-refractivity contribution in [3.05, 3.63) is 90.3 Å². The number of ether oxygens (including phenoxy) is 1. The molecule has 13 nitrogen and oxygen atoms in total. The van der Waals surface area contributed by atoms with Crippen molar-refractivity contribution in [2.24, 2.45) is 0 Å². The molecule has 0 bridgehead atoms. The minimum absolute atomic E-state index is 0.195. The lowest BCUT2D eigenvalue weighted by Gasteiger charge is -2.38. The maximum atomic E-state index is 12.1. The number of rotatable bonds is 10. The largest absolute Gasteiger partial charge is 0.474 e. The number of amides is 2. The Hall–Kier alpha value is -5.79. The predicted octanol–water partition coefficient (Wildman–Crippen LogP) is 5.77. The van der Waals surface area contributed by atoms with E-state index in [1.807, 2.05) is 24.5 Å². The lowest BCUT2D eigenvalue weighted by Crippen LogP contribution is -2.49. The van der Waals surface area contributed by atoms with E-state index in [-0.39, 0.29) is 17.9 Å². The predicted molar refractivity (Wildman–Crippen MR) is 225 cm³/mol. The zero-order valence-corrected chi connectivity index (χ0v) is 32.5. The number of imide groups is 1. The van der Waals surface area contributed by atoms with Crippen LogP contribution in [0.3, 0.4) is 0 Å². The molecular weight excluding hydrogens is 717 g/mol. The summed E-state index contributed by atoms with van der Waals surface area (Å²) in [5, 5.41) is 13.5. The molecule has 13 heteroatoms. The van der Waals surface area contributed by atoms with Gasteiger partial charge in [-0.05, 0) is 104 Å². The second kappa shape index (κ2) is 16.4. The van der Waals surface area contributed by atoms with Crippen LogP contribution in [0, 0.1) is 6.92 Å². The topological polar surface area (TPSA) is 140 Å². The first-order valence-corrected chi connectivity index (χ1v) is 20.3. The summed E-state index contributed by atoms with van der Waals surface area (Å²) in [5.41, 5.74) is 9.55. The number of carbonyl (C=O) groups is 2. The van der Waals surface area contributed by atoms with Gasteiger partial charge in [-0.25, -0.2) is 15.0 Å². The third kappa shape index (κ3) is 8.35. The first-order chi connectivity index (χ1) is 27.9. The number of nitrogens with one attached hydrogen (secondary N) is 4. The Balaban J connectivity index is 0.720. The van der Waals surface area contributed by atoms with Gasteiger partial charge < -0.3 is 30.5 Å². The molecule has 4 aliphatic rings. The van der Waals surface area contributed by atoms with Crippen molar-refractivity contribution in [2.45, 2.75) is 44.6 Å². The molecule has 294 valence electrons. The molecule has 0 spiro atoms. The molecule has 4 aliphatic heterocycles. The lowest BCUT2D eigenvalue weighted by molar-refractivity contribution is -0.133. The summed E-state index contributed by atoms with van der Waals surface area (Å²) in [4.78, 5) is 45.2. The summed E-state index contributed by atoms with van der Waals surface area (Å²) in [6.07, 6.45) is 7.00. The van der Waals surface area contributed by atoms with E-state index in [0.717, 1.165) is 104 Å². The molecule has 9 rings (SSSR count). The Kier molecular flexibility index (Phi) is 10.6. The Labute approximate surface area is 333 Å². The summed E-state index contributed by atoms with van der Waals surface area (Å²) >= 11 is 0. The molecule has 1 unspecified atom stereocenters. The van der Waals surface area contributed by atoms with E-state index in [1.54, 1.807) is 0 Å². The third-order valence-corrected chi connectivity index (χ3v) is 12.0. The number of nitrogens with zero attached hydrogens (tertiary/aromatic N) is 6. The van der Waals surface area contributed by atoms with Gasteiger partial charge >= 0.3 is 0 Å². The van der Waals surface area contributed by atoms with Crippen LogP contribution < -0.4 is 30.9 Å². The molecule has 0 saturated carbocycles. The number of anilines is 5. The summed E-state index contributed by atoms with van der Waals surface area (Å²) < 4.78 is 5.72. The Morgan fingerprint density at radius 3 is 2.35 bits per heavy atom. The van der Waals surface area contributed by atoms with E-state index in [0.29, 0.717) is 37.2 Å². The van der Waals surface area contributed by atoms with E-state index in [1.165, 1.54) is 24.1 Å². The van der Waals surface area contributed by atoms with Crippen LogP contribution in [0.1, 0.15) is 42.7 Å². The van der Waals surface area contributed by atoms with Gasteiger partial charge in [0.25, 0.3) is 0 Å². The molecule has 2 amide bonds. The number of carbonyl (C=O) groups excluding carboxylic acids is 2. The SMILES string of the molecule is Cc1c(-c2ccc3cnc(Nc4ccc(C5CCN(CCN6CCN(c7ccc(NC8CCC(=O)NC8=O)cc7)CC6)CC5)cc4)nc3c2)cnc2c1NCCO2. The van der Waals surface area contributed by atoms with Crippen molar-refractivity contribution < 1.29 is 14.3 Å². The molecule has 4 N–H and O–H groups in total. The highest BCUT2D eigenvalue weighted by atomic mass is 16.5. The number of fused-ring (bicyclic) bond motifs is 2. The molecule has 1 atom stereocenters. The van der Waals surface area contributed by atoms with Crippen LogP contribution in [0.15, 0.2) is 79.1 Å². The number of pyridine rings is 1. The maximum absolute atomic E-state index is 12.1. The summed E-state index contributed by atoms with van der Waals surface area (Å²) in [5.74, 6) is 1.37. The van der Waals surface area contributed by atoms with Crippen LogP contribution in [0.5, 0.6) is 5.88 Å². The number of hydrogen-bond donors (Lipinski definition) is 4. The summed E-state index contributed by atoms with van der Waals surface area (Å²) in [6.45, 7) is 12.1. The number of piperidine rings is 2. The maximum Gasteiger partial charge on any atom is 0.249 e. The molecular formula is C44H50N10O3. The minimum atomic E-state index is -0.365. The van der Waals surface area contributed by atoms with Crippen molar-refractivity contribution in [3.8, 4) is 17.0 Å². The fourth-order valence-electron chi connectivity index (χ4n) is 8.53. The molecule has 0 aliphatic carbocycles. The Bertz CT molecular complexity index is 2230. The minimum Gasteiger partial charge on any atom is -0.474 e. The zero-order chi connectivity index (χ0) is 38.7. The van der Waals surface area contributed by atoms with Gasteiger partial charge in [0.15, 0.2) is 0 Å². The quantitative estimate of drug-likeness (QED) is 0.129. The lowest BCUT2D eigenvalue weighted by atomic mass is 9.89. The van der Waals surface area contributed by atoms with Crippen LogP contribution >= 0.6 is 0 Å². The van der Waals surface area contributed by atoms with Crippen LogP contribution in [-0.4, -0.2) is 108 Å². The third-order valence-electron chi connectivity index (χ3n) is 12.0. The first-order valence-electron chi connectivity index (χ1n) is 20.3. The molecule has 3 aromatic carbocycles. The molecule has 57 heavy (non-hydrogen) atoms. The van der Waals surface area contributed by atoms with Gasteiger partial charge in [-0.1, -0.05) is 24.3 Å². The van der Waals surface area contributed by atoms with Crippen molar-refractivity contribution in [2.75, 3.05) is 86.4 Å². The highest BCUT2D eigenvalue weighted by Gasteiger charge is 2.27. The van der Waals surface area contributed by atoms with E-state index in [4.69, 9.17) is 9.72 Å². The second-order valence-corrected chi connectivity index (χ2v) is 15.6. The van der Waals surface area contributed by atoms with E-state index in [2.05, 4.69) is 107 Å². The number of likely N-dealkylation sites (tertiary alicyclic amines) is 1. The molecule has 0 radical (unpaired) electrons. The smallest absolute Gasteiger partial charge is 0.249 e. The van der Waals surface area contributed by atoms with Crippen molar-refractivity contribution in [3.63, 3.8) is 0 Å². The fraction of sp³-hybridized carbons (Fsp3) is 0.386. The van der Waals surface area contributed by atoms with Gasteiger partial charge in [0, 0.05) is 92.6 Å². The number of piperazine rings is 1. The van der Waals surface area contributed by atoms with Crippen LogP contribution in [0.2, 0.25) is 0 Å². The standard InChI is InChI=1S/C44H50N10O3/c1-29-37(28-46-43-41(29)45-16-25-57-43)32-2-3-33-27-47-44(50-39(33)26-32)49-35-6-4-30(5-7-35)31-14-17-52(18-15-31)19-20-53-21-23-54(24-22-53)36-10-8-34(9-11-36)48-38-12-13-40(55)51-42(38)56/h2-11,26-28,31,38,45,48H,12-25H2,1H3,(H,47,49,50)(H,51,55,56). The fourth-order valence-corrected chi connectivity index (χ4v) is 8.53. The molecule has 3 saturated heterocycles. The molecule has 2 aromatic heterocycles. The summed E-state index contributed by atoms with van der Waals surface area (Å²) in [6, 6.07) is 23.0. The van der Waals surface area contributed by atoms with Crippen LogP contribution in [0.4, 0.5) is 28.7 Å². The molecule has 5 aromatic rings. The van der Waals surface area contributed by atoms with E-state index < -0.39 is 0 Å². The highest BCUT2D eigenvalue weighted by molar-refractivity contribution is 6.01. The van der Waals surface area contributed by atoms with Crippen molar-refractivity contribution in [1.29, 1.82) is 0 Å². The van der Waals surface area contributed by atoms with Gasteiger partial charge in [0.1, 0.15) is 18.3 Å². The normalized spacial score (nSPS) is 19.4. The second-order valence-electron chi connectivity index (χ2n) is 15.6. The monoisotopic (exact) mass is 766 g/mol. The van der Waals surface area contributed by atoms with E-state index in [9.17, 15) is 9.59 Å². The van der Waals surface area contributed by atoms with Gasteiger partial charge in [0.2, 0.25) is 23.6 Å². The number of hydrogen-bond acceptors (Lipinski definition) is 12. The summed E-state index contributed by atoms with van der Waals surface area (Å²) in [7, 11) is 0. The molecule has 6 heterocycles. The average Bonchev–Trinajstić information content (AvgIpc) is 3.25. The first kappa shape index (κ1) is 36.8. The molecule has 3 fully saturated rings. The Morgan fingerprint density at radius 2 is 1.58 bits per heavy atom.